The molecule has 0 saturated heterocycles. The van der Waals surface area contributed by atoms with Crippen LogP contribution in [0.25, 0.3) is 0 Å². The second kappa shape index (κ2) is 5.32. The zero-order valence-electron chi connectivity index (χ0n) is 10.8. The van der Waals surface area contributed by atoms with Crippen molar-refractivity contribution in [2.75, 3.05) is 5.32 Å². The minimum atomic E-state index is -0.221. The molecule has 0 aliphatic heterocycles. The van der Waals surface area contributed by atoms with Gasteiger partial charge in [0.1, 0.15) is 11.6 Å². The Hall–Kier alpha value is -1.67. The van der Waals surface area contributed by atoms with Gasteiger partial charge in [0.2, 0.25) is 0 Å². The van der Waals surface area contributed by atoms with Gasteiger partial charge in [-0.1, -0.05) is 13.8 Å². The number of hydrogen-bond donors (Lipinski definition) is 2. The second-order valence-electron chi connectivity index (χ2n) is 4.63. The molecule has 96 valence electrons. The molecule has 1 fully saturated rings. The fraction of sp³-hybridized carbons (Fsp3) is 0.615. The van der Waals surface area contributed by atoms with Gasteiger partial charge >= 0.3 is 0 Å². The summed E-state index contributed by atoms with van der Waals surface area (Å²) >= 11 is 0. The van der Waals surface area contributed by atoms with Gasteiger partial charge in [0.25, 0.3) is 0 Å². The lowest BCUT2D eigenvalue weighted by molar-refractivity contribution is 0.0835. The van der Waals surface area contributed by atoms with E-state index in [0.717, 1.165) is 24.1 Å². The lowest BCUT2D eigenvalue weighted by atomic mass is 9.89. The molecule has 0 atom stereocenters. The van der Waals surface area contributed by atoms with E-state index in [9.17, 15) is 10.4 Å². The normalized spacial score (nSPS) is 22.1. The Labute approximate surface area is 107 Å². The molecule has 0 bridgehead atoms. The van der Waals surface area contributed by atoms with Crippen molar-refractivity contribution in [3.05, 3.63) is 16.8 Å². The van der Waals surface area contributed by atoms with Crippen LogP contribution in [-0.2, 0) is 12.8 Å². The summed E-state index contributed by atoms with van der Waals surface area (Å²) in [5, 5.41) is 30.1. The first kappa shape index (κ1) is 12.8. The van der Waals surface area contributed by atoms with E-state index in [1.807, 2.05) is 13.8 Å². The highest BCUT2D eigenvalue weighted by atomic mass is 16.3. The van der Waals surface area contributed by atoms with Crippen molar-refractivity contribution in [3.8, 4) is 6.07 Å². The largest absolute Gasteiger partial charge is 0.393 e. The van der Waals surface area contributed by atoms with E-state index in [0.29, 0.717) is 24.2 Å². The molecule has 18 heavy (non-hydrogen) atoms. The Kier molecular flexibility index (Phi) is 3.78. The van der Waals surface area contributed by atoms with Gasteiger partial charge in [0.15, 0.2) is 5.82 Å². The molecule has 0 unspecified atom stereocenters. The molecule has 1 aliphatic carbocycles. The van der Waals surface area contributed by atoms with Crippen LogP contribution in [0, 0.1) is 11.3 Å². The first-order valence-corrected chi connectivity index (χ1v) is 6.42. The molecule has 5 nitrogen and oxygen atoms in total. The molecule has 0 radical (unpaired) electrons. The third kappa shape index (κ3) is 2.29. The molecule has 2 rings (SSSR count). The fourth-order valence-corrected chi connectivity index (χ4v) is 2.29. The quantitative estimate of drug-likeness (QED) is 0.839. The Morgan fingerprint density at radius 1 is 1.33 bits per heavy atom. The van der Waals surface area contributed by atoms with Crippen molar-refractivity contribution < 1.29 is 5.11 Å². The van der Waals surface area contributed by atoms with Gasteiger partial charge in [-0.25, -0.2) is 0 Å². The fourth-order valence-electron chi connectivity index (χ4n) is 2.29. The minimum absolute atomic E-state index is 0.207. The highest BCUT2D eigenvalue weighted by molar-refractivity contribution is 5.57. The van der Waals surface area contributed by atoms with Gasteiger partial charge < -0.3 is 10.4 Å². The molecule has 0 spiro atoms. The molecule has 1 saturated carbocycles. The van der Waals surface area contributed by atoms with Gasteiger partial charge in [-0.05, 0) is 31.2 Å². The number of aliphatic hydroxyl groups is 1. The van der Waals surface area contributed by atoms with Gasteiger partial charge in [-0.3, -0.25) is 0 Å². The highest BCUT2D eigenvalue weighted by Crippen LogP contribution is 2.26. The van der Waals surface area contributed by atoms with Crippen LogP contribution in [0.5, 0.6) is 0 Å². The number of rotatable bonds is 4. The average molecular weight is 246 g/mol. The van der Waals surface area contributed by atoms with Crippen LogP contribution in [0.1, 0.15) is 43.5 Å². The molecule has 5 heteroatoms. The number of aromatic nitrogens is 2. The summed E-state index contributed by atoms with van der Waals surface area (Å²) in [6, 6.07) is 2.43. The molecular formula is C13H18N4O. The number of nitriles is 1. The summed E-state index contributed by atoms with van der Waals surface area (Å²) in [7, 11) is 0. The van der Waals surface area contributed by atoms with Crippen molar-refractivity contribution in [3.63, 3.8) is 0 Å². The SMILES string of the molecule is CCc1nnc(NC2CC(O)C2)c(C#N)c1CC. The van der Waals surface area contributed by atoms with Crippen molar-refractivity contribution in [1.82, 2.24) is 10.2 Å². The maximum absolute atomic E-state index is 9.30. The van der Waals surface area contributed by atoms with Gasteiger partial charge in [0.05, 0.1) is 11.8 Å². The maximum atomic E-state index is 9.30. The zero-order valence-corrected chi connectivity index (χ0v) is 10.8. The third-order valence-corrected chi connectivity index (χ3v) is 3.41. The molecule has 1 aliphatic rings. The van der Waals surface area contributed by atoms with Crippen LogP contribution in [0.4, 0.5) is 5.82 Å². The predicted molar refractivity (Wildman–Crippen MR) is 68.2 cm³/mol. The molecule has 1 aromatic heterocycles. The Bertz CT molecular complexity index is 475. The summed E-state index contributed by atoms with van der Waals surface area (Å²) in [6.45, 7) is 4.04. The molecular weight excluding hydrogens is 228 g/mol. The second-order valence-corrected chi connectivity index (χ2v) is 4.63. The minimum Gasteiger partial charge on any atom is -0.393 e. The van der Waals surface area contributed by atoms with Crippen LogP contribution >= 0.6 is 0 Å². The molecule has 2 N–H and O–H groups in total. The van der Waals surface area contributed by atoms with E-state index in [1.165, 1.54) is 0 Å². The Morgan fingerprint density at radius 2 is 2.06 bits per heavy atom. The average Bonchev–Trinajstić information content (AvgIpc) is 2.35. The number of hydrogen-bond acceptors (Lipinski definition) is 5. The molecule has 1 aromatic rings. The lowest BCUT2D eigenvalue weighted by Crippen LogP contribution is -2.39. The summed E-state index contributed by atoms with van der Waals surface area (Å²) in [5.74, 6) is 0.559. The van der Waals surface area contributed by atoms with E-state index < -0.39 is 0 Å². The summed E-state index contributed by atoms with van der Waals surface area (Å²) in [4.78, 5) is 0. The van der Waals surface area contributed by atoms with Gasteiger partial charge in [-0.15, -0.1) is 5.10 Å². The van der Waals surface area contributed by atoms with Crippen molar-refractivity contribution in [2.24, 2.45) is 0 Å². The summed E-state index contributed by atoms with van der Waals surface area (Å²) in [6.07, 6.45) is 2.77. The summed E-state index contributed by atoms with van der Waals surface area (Å²) in [5.41, 5.74) is 2.48. The number of anilines is 1. The monoisotopic (exact) mass is 246 g/mol. The van der Waals surface area contributed by atoms with E-state index in [1.54, 1.807) is 0 Å². The van der Waals surface area contributed by atoms with Gasteiger partial charge in [0, 0.05) is 6.04 Å². The van der Waals surface area contributed by atoms with Crippen LogP contribution < -0.4 is 5.32 Å². The first-order valence-electron chi connectivity index (χ1n) is 6.42. The molecule has 0 amide bonds. The van der Waals surface area contributed by atoms with Gasteiger partial charge in [-0.2, -0.15) is 10.4 Å². The summed E-state index contributed by atoms with van der Waals surface area (Å²) < 4.78 is 0. The smallest absolute Gasteiger partial charge is 0.167 e. The van der Waals surface area contributed by atoms with E-state index in [4.69, 9.17) is 0 Å². The molecule has 0 aromatic carbocycles. The van der Waals surface area contributed by atoms with Crippen molar-refractivity contribution >= 4 is 5.82 Å². The van der Waals surface area contributed by atoms with Crippen LogP contribution in [0.2, 0.25) is 0 Å². The Balaban J connectivity index is 2.27. The zero-order chi connectivity index (χ0) is 13.1. The van der Waals surface area contributed by atoms with Crippen LogP contribution in [-0.4, -0.2) is 27.4 Å². The topological polar surface area (TPSA) is 81.8 Å². The maximum Gasteiger partial charge on any atom is 0.167 e. The van der Waals surface area contributed by atoms with Crippen molar-refractivity contribution in [1.29, 1.82) is 5.26 Å². The third-order valence-electron chi connectivity index (χ3n) is 3.41. The first-order chi connectivity index (χ1) is 8.69. The number of nitrogens with one attached hydrogen (secondary N) is 1. The Morgan fingerprint density at radius 3 is 2.56 bits per heavy atom. The van der Waals surface area contributed by atoms with E-state index >= 15 is 0 Å². The van der Waals surface area contributed by atoms with Crippen LogP contribution in [0.3, 0.4) is 0 Å². The molecule has 1 heterocycles. The van der Waals surface area contributed by atoms with Crippen molar-refractivity contribution in [2.45, 2.75) is 51.7 Å². The number of aliphatic hydroxyl groups excluding tert-OH is 1. The predicted octanol–water partition coefficient (Wildman–Crippen LogP) is 1.41. The standard InChI is InChI=1S/C13H18N4O/c1-3-10-11(7-14)13(17-16-12(10)4-2)15-8-5-9(18)6-8/h8-9,18H,3-6H2,1-2H3,(H,15,17). The highest BCUT2D eigenvalue weighted by Gasteiger charge is 2.28. The van der Waals surface area contributed by atoms with Crippen LogP contribution in [0.15, 0.2) is 0 Å². The lowest BCUT2D eigenvalue weighted by Gasteiger charge is -2.32. The van der Waals surface area contributed by atoms with E-state index in [-0.39, 0.29) is 12.1 Å². The number of nitrogens with zero attached hydrogens (tertiary/aromatic N) is 3. The van der Waals surface area contributed by atoms with E-state index in [2.05, 4.69) is 21.6 Å². The number of aryl methyl sites for hydroxylation is 1.